The first-order valence-electron chi connectivity index (χ1n) is 4.45. The van der Waals surface area contributed by atoms with Crippen molar-refractivity contribution < 1.29 is 9.53 Å². The standard InChI is InChI=1S/C11H18O2/c1-6-9(4)11(12)13-10(5)7-8(2)3/h6,10H,2,7H2,1,3-5H3/b9-6+. The molecule has 0 rings (SSSR count). The summed E-state index contributed by atoms with van der Waals surface area (Å²) in [6.07, 6.45) is 2.39. The Morgan fingerprint density at radius 3 is 2.46 bits per heavy atom. The van der Waals surface area contributed by atoms with E-state index < -0.39 is 0 Å². The molecule has 2 heteroatoms. The van der Waals surface area contributed by atoms with Crippen molar-refractivity contribution in [1.82, 2.24) is 0 Å². The predicted octanol–water partition coefficient (Wildman–Crippen LogP) is 2.85. The number of carbonyl (C=O) groups excluding carboxylic acids is 1. The highest BCUT2D eigenvalue weighted by Crippen LogP contribution is 2.07. The molecule has 0 radical (unpaired) electrons. The molecule has 0 heterocycles. The molecular formula is C11H18O2. The third-order valence-electron chi connectivity index (χ3n) is 1.70. The summed E-state index contributed by atoms with van der Waals surface area (Å²) in [6.45, 7) is 11.1. The summed E-state index contributed by atoms with van der Waals surface area (Å²) >= 11 is 0. The molecule has 0 aliphatic heterocycles. The fourth-order valence-corrected chi connectivity index (χ4v) is 0.926. The lowest BCUT2D eigenvalue weighted by atomic mass is 10.2. The first-order valence-corrected chi connectivity index (χ1v) is 4.45. The Hall–Kier alpha value is -1.05. The average molecular weight is 182 g/mol. The van der Waals surface area contributed by atoms with Crippen LogP contribution in [0.25, 0.3) is 0 Å². The van der Waals surface area contributed by atoms with Crippen molar-refractivity contribution in [3.05, 3.63) is 23.8 Å². The molecule has 0 saturated heterocycles. The maximum atomic E-state index is 11.2. The second kappa shape index (κ2) is 5.57. The van der Waals surface area contributed by atoms with Crippen LogP contribution in [0.5, 0.6) is 0 Å². The lowest BCUT2D eigenvalue weighted by molar-refractivity contribution is -0.143. The summed E-state index contributed by atoms with van der Waals surface area (Å²) in [5.41, 5.74) is 1.67. The Kier molecular flexibility index (Phi) is 5.12. The van der Waals surface area contributed by atoms with Gasteiger partial charge in [0.2, 0.25) is 0 Å². The topological polar surface area (TPSA) is 26.3 Å². The van der Waals surface area contributed by atoms with Crippen LogP contribution in [0, 0.1) is 0 Å². The highest BCUT2D eigenvalue weighted by Gasteiger charge is 2.10. The van der Waals surface area contributed by atoms with Crippen LogP contribution >= 0.6 is 0 Å². The van der Waals surface area contributed by atoms with E-state index in [0.29, 0.717) is 5.57 Å². The van der Waals surface area contributed by atoms with Crippen molar-refractivity contribution in [1.29, 1.82) is 0 Å². The Bertz CT molecular complexity index is 226. The number of carbonyl (C=O) groups is 1. The lowest BCUT2D eigenvalue weighted by Crippen LogP contribution is -2.15. The maximum Gasteiger partial charge on any atom is 0.333 e. The van der Waals surface area contributed by atoms with E-state index in [1.807, 2.05) is 20.8 Å². The third kappa shape index (κ3) is 5.23. The summed E-state index contributed by atoms with van der Waals surface area (Å²) in [6, 6.07) is 0. The molecule has 0 aromatic heterocycles. The van der Waals surface area contributed by atoms with Gasteiger partial charge in [0.25, 0.3) is 0 Å². The smallest absolute Gasteiger partial charge is 0.333 e. The third-order valence-corrected chi connectivity index (χ3v) is 1.70. The molecule has 0 fully saturated rings. The van der Waals surface area contributed by atoms with Gasteiger partial charge in [0.15, 0.2) is 0 Å². The summed E-state index contributed by atoms with van der Waals surface area (Å²) in [5.74, 6) is -0.240. The van der Waals surface area contributed by atoms with Crippen molar-refractivity contribution in [2.75, 3.05) is 0 Å². The van der Waals surface area contributed by atoms with E-state index in [9.17, 15) is 4.79 Å². The van der Waals surface area contributed by atoms with Crippen LogP contribution in [-0.2, 0) is 9.53 Å². The van der Waals surface area contributed by atoms with E-state index in [0.717, 1.165) is 12.0 Å². The quantitative estimate of drug-likeness (QED) is 0.379. The first kappa shape index (κ1) is 11.9. The average Bonchev–Trinajstić information content (AvgIpc) is 2.01. The SMILES string of the molecule is C=C(C)CC(C)OC(=O)/C(C)=C/C. The van der Waals surface area contributed by atoms with E-state index in [1.54, 1.807) is 13.0 Å². The Labute approximate surface area is 80.3 Å². The van der Waals surface area contributed by atoms with E-state index in [1.165, 1.54) is 0 Å². The summed E-state index contributed by atoms with van der Waals surface area (Å²) in [7, 11) is 0. The highest BCUT2D eigenvalue weighted by molar-refractivity contribution is 5.87. The molecule has 13 heavy (non-hydrogen) atoms. The molecule has 74 valence electrons. The van der Waals surface area contributed by atoms with Gasteiger partial charge in [-0.2, -0.15) is 0 Å². The number of allylic oxidation sites excluding steroid dienone is 1. The molecule has 0 saturated carbocycles. The number of hydrogen-bond acceptors (Lipinski definition) is 2. The van der Waals surface area contributed by atoms with Crippen LogP contribution in [0.2, 0.25) is 0 Å². The largest absolute Gasteiger partial charge is 0.459 e. The minimum absolute atomic E-state index is 0.0834. The highest BCUT2D eigenvalue weighted by atomic mass is 16.5. The molecule has 0 aliphatic rings. The van der Waals surface area contributed by atoms with Crippen LogP contribution in [0.4, 0.5) is 0 Å². The fourth-order valence-electron chi connectivity index (χ4n) is 0.926. The molecule has 0 bridgehead atoms. The summed E-state index contributed by atoms with van der Waals surface area (Å²) in [5, 5.41) is 0. The second-order valence-corrected chi connectivity index (χ2v) is 3.35. The number of esters is 1. The van der Waals surface area contributed by atoms with E-state index in [4.69, 9.17) is 4.74 Å². The molecule has 0 amide bonds. The number of hydrogen-bond donors (Lipinski definition) is 0. The summed E-state index contributed by atoms with van der Waals surface area (Å²) in [4.78, 5) is 11.2. The maximum absolute atomic E-state index is 11.2. The molecule has 2 nitrogen and oxygen atoms in total. The van der Waals surface area contributed by atoms with Crippen molar-refractivity contribution in [3.63, 3.8) is 0 Å². The van der Waals surface area contributed by atoms with Gasteiger partial charge in [-0.25, -0.2) is 4.79 Å². The molecule has 0 aliphatic carbocycles. The van der Waals surface area contributed by atoms with Crippen LogP contribution < -0.4 is 0 Å². The van der Waals surface area contributed by atoms with Gasteiger partial charge in [-0.1, -0.05) is 11.6 Å². The Morgan fingerprint density at radius 2 is 2.08 bits per heavy atom. The van der Waals surface area contributed by atoms with Gasteiger partial charge in [-0.3, -0.25) is 0 Å². The molecular weight excluding hydrogens is 164 g/mol. The van der Waals surface area contributed by atoms with Crippen molar-refractivity contribution in [2.24, 2.45) is 0 Å². The van der Waals surface area contributed by atoms with Crippen LogP contribution in [0.1, 0.15) is 34.1 Å². The zero-order valence-electron chi connectivity index (χ0n) is 8.89. The number of rotatable bonds is 4. The van der Waals surface area contributed by atoms with Crippen molar-refractivity contribution in [2.45, 2.75) is 40.2 Å². The number of ether oxygens (including phenoxy) is 1. The molecule has 0 aromatic carbocycles. The second-order valence-electron chi connectivity index (χ2n) is 3.35. The zero-order valence-corrected chi connectivity index (χ0v) is 8.89. The van der Waals surface area contributed by atoms with Crippen molar-refractivity contribution in [3.8, 4) is 0 Å². The molecule has 1 unspecified atom stereocenters. The normalized spacial score (nSPS) is 13.7. The van der Waals surface area contributed by atoms with Crippen molar-refractivity contribution >= 4 is 5.97 Å². The van der Waals surface area contributed by atoms with Crippen LogP contribution in [-0.4, -0.2) is 12.1 Å². The van der Waals surface area contributed by atoms with Gasteiger partial charge in [0.05, 0.1) is 0 Å². The van der Waals surface area contributed by atoms with Gasteiger partial charge in [0, 0.05) is 12.0 Å². The lowest BCUT2D eigenvalue weighted by Gasteiger charge is -2.12. The molecule has 0 spiro atoms. The molecule has 0 N–H and O–H groups in total. The first-order chi connectivity index (χ1) is 5.97. The summed E-state index contributed by atoms with van der Waals surface area (Å²) < 4.78 is 5.15. The predicted molar refractivity (Wildman–Crippen MR) is 54.4 cm³/mol. The zero-order chi connectivity index (χ0) is 10.4. The monoisotopic (exact) mass is 182 g/mol. The van der Waals surface area contributed by atoms with E-state index in [2.05, 4.69) is 6.58 Å². The fraction of sp³-hybridized carbons (Fsp3) is 0.545. The minimum atomic E-state index is -0.240. The van der Waals surface area contributed by atoms with Gasteiger partial charge in [0.1, 0.15) is 6.10 Å². The molecule has 1 atom stereocenters. The van der Waals surface area contributed by atoms with Gasteiger partial charge in [-0.05, 0) is 27.7 Å². The molecule has 0 aromatic rings. The van der Waals surface area contributed by atoms with E-state index in [-0.39, 0.29) is 12.1 Å². The van der Waals surface area contributed by atoms with Gasteiger partial charge in [-0.15, -0.1) is 6.58 Å². The van der Waals surface area contributed by atoms with Gasteiger partial charge < -0.3 is 4.74 Å². The van der Waals surface area contributed by atoms with Crippen LogP contribution in [0.3, 0.4) is 0 Å². The van der Waals surface area contributed by atoms with Gasteiger partial charge >= 0.3 is 5.97 Å². The van der Waals surface area contributed by atoms with E-state index >= 15 is 0 Å². The Balaban J connectivity index is 3.99. The minimum Gasteiger partial charge on any atom is -0.459 e. The van der Waals surface area contributed by atoms with Crippen LogP contribution in [0.15, 0.2) is 23.8 Å². The Morgan fingerprint density at radius 1 is 1.54 bits per heavy atom.